The summed E-state index contributed by atoms with van der Waals surface area (Å²) in [5.41, 5.74) is 5.83. The maximum Gasteiger partial charge on any atom is 0.152 e. The van der Waals surface area contributed by atoms with E-state index < -0.39 is 6.10 Å². The van der Waals surface area contributed by atoms with Gasteiger partial charge >= 0.3 is 0 Å². The van der Waals surface area contributed by atoms with Crippen LogP contribution in [0.3, 0.4) is 0 Å². The third-order valence-corrected chi connectivity index (χ3v) is 5.10. The van der Waals surface area contributed by atoms with Crippen LogP contribution in [-0.2, 0) is 4.74 Å². The van der Waals surface area contributed by atoms with Crippen LogP contribution in [-0.4, -0.2) is 10.1 Å². The van der Waals surface area contributed by atoms with Crippen molar-refractivity contribution in [1.82, 2.24) is 4.98 Å². The molecule has 0 radical (unpaired) electrons. The van der Waals surface area contributed by atoms with Gasteiger partial charge in [-0.2, -0.15) is 0 Å². The molecule has 3 nitrogen and oxygen atoms in total. The van der Waals surface area contributed by atoms with Crippen molar-refractivity contribution in [2.75, 3.05) is 0 Å². The second-order valence-electron chi connectivity index (χ2n) is 7.55. The van der Waals surface area contributed by atoms with Crippen LogP contribution in [0.25, 0.3) is 5.76 Å². The number of hydrogen-bond acceptors (Lipinski definition) is 3. The van der Waals surface area contributed by atoms with Gasteiger partial charge in [0.1, 0.15) is 11.9 Å². The van der Waals surface area contributed by atoms with Crippen LogP contribution in [0.2, 0.25) is 5.02 Å². The molecule has 170 valence electrons. The Morgan fingerprint density at radius 3 is 2.34 bits per heavy atom. The third kappa shape index (κ3) is 5.99. The second kappa shape index (κ2) is 12.4. The standard InChI is InChI=1S/C23H20ClNO2.C3H8.C2H6/c1-14-8-9-19(15(2)11-14)23-20(21(26)17-6-4-10-25-13-17)22(27-23)16-5-3-7-18(24)12-16;1-3-2;1-2/h3-13,21,23,26H,1-2H3;3H2,1-2H3;1-2H3. The van der Waals surface area contributed by atoms with Crippen LogP contribution in [0.15, 0.2) is 72.6 Å². The predicted molar refractivity (Wildman–Crippen MR) is 135 cm³/mol. The third-order valence-electron chi connectivity index (χ3n) is 4.87. The van der Waals surface area contributed by atoms with Crippen molar-refractivity contribution < 1.29 is 9.84 Å². The quantitative estimate of drug-likeness (QED) is 0.436. The molecular weight excluding hydrogens is 418 g/mol. The van der Waals surface area contributed by atoms with Crippen LogP contribution in [0.5, 0.6) is 0 Å². The lowest BCUT2D eigenvalue weighted by Gasteiger charge is -2.38. The van der Waals surface area contributed by atoms with Gasteiger partial charge in [0.05, 0.1) is 5.57 Å². The molecule has 2 unspecified atom stereocenters. The number of halogens is 1. The summed E-state index contributed by atoms with van der Waals surface area (Å²) in [6.07, 6.45) is 3.54. The maximum atomic E-state index is 11.1. The minimum Gasteiger partial charge on any atom is -0.480 e. The topological polar surface area (TPSA) is 42.4 Å². The lowest BCUT2D eigenvalue weighted by Crippen LogP contribution is -2.25. The summed E-state index contributed by atoms with van der Waals surface area (Å²) in [5, 5.41) is 11.7. The average molecular weight is 452 g/mol. The molecule has 2 heterocycles. The Kier molecular flexibility index (Phi) is 9.96. The van der Waals surface area contributed by atoms with E-state index in [1.807, 2.05) is 50.2 Å². The first-order chi connectivity index (χ1) is 15.5. The van der Waals surface area contributed by atoms with E-state index in [0.29, 0.717) is 10.8 Å². The Morgan fingerprint density at radius 2 is 1.75 bits per heavy atom. The summed E-state index contributed by atoms with van der Waals surface area (Å²) in [6.45, 7) is 12.4. The lowest BCUT2D eigenvalue weighted by molar-refractivity contribution is 0.0935. The molecule has 3 aromatic rings. The van der Waals surface area contributed by atoms with Gasteiger partial charge in [-0.3, -0.25) is 4.98 Å². The summed E-state index contributed by atoms with van der Waals surface area (Å²) < 4.78 is 6.18. The normalized spacial score (nSPS) is 15.3. The highest BCUT2D eigenvalue weighted by atomic mass is 35.5. The molecule has 2 aromatic carbocycles. The molecular formula is C28H34ClNO2. The van der Waals surface area contributed by atoms with Gasteiger partial charge in [0.2, 0.25) is 0 Å². The van der Waals surface area contributed by atoms with E-state index in [0.717, 1.165) is 27.8 Å². The molecule has 0 aliphatic carbocycles. The fourth-order valence-corrected chi connectivity index (χ4v) is 3.70. The minimum absolute atomic E-state index is 0.296. The number of benzene rings is 2. The summed E-state index contributed by atoms with van der Waals surface area (Å²) in [4.78, 5) is 4.14. The molecule has 0 fully saturated rings. The van der Waals surface area contributed by atoms with E-state index in [9.17, 15) is 5.11 Å². The summed E-state index contributed by atoms with van der Waals surface area (Å²) in [6, 6.07) is 17.5. The fourth-order valence-electron chi connectivity index (χ4n) is 3.51. The highest BCUT2D eigenvalue weighted by Gasteiger charge is 2.39. The van der Waals surface area contributed by atoms with Crippen molar-refractivity contribution in [2.45, 2.75) is 60.2 Å². The largest absolute Gasteiger partial charge is 0.480 e. The first-order valence-corrected chi connectivity index (χ1v) is 11.7. The van der Waals surface area contributed by atoms with Crippen molar-refractivity contribution in [3.05, 3.63) is 105 Å². The van der Waals surface area contributed by atoms with E-state index in [1.165, 1.54) is 12.0 Å². The van der Waals surface area contributed by atoms with Gasteiger partial charge in [-0.1, -0.05) is 87.7 Å². The van der Waals surface area contributed by atoms with E-state index in [4.69, 9.17) is 16.3 Å². The molecule has 1 aliphatic heterocycles. The van der Waals surface area contributed by atoms with Crippen LogP contribution in [0.4, 0.5) is 0 Å². The molecule has 4 rings (SSSR count). The Hall–Kier alpha value is -2.62. The van der Waals surface area contributed by atoms with E-state index in [2.05, 4.69) is 50.9 Å². The predicted octanol–water partition coefficient (Wildman–Crippen LogP) is 8.01. The molecule has 0 saturated heterocycles. The molecule has 1 aliphatic rings. The van der Waals surface area contributed by atoms with Crippen molar-refractivity contribution in [3.8, 4) is 0 Å². The van der Waals surface area contributed by atoms with Gasteiger partial charge in [-0.05, 0) is 43.2 Å². The smallest absolute Gasteiger partial charge is 0.152 e. The Morgan fingerprint density at radius 1 is 1.03 bits per heavy atom. The summed E-state index contributed by atoms with van der Waals surface area (Å²) >= 11 is 6.16. The number of nitrogens with zero attached hydrogens (tertiary/aromatic N) is 1. The maximum absolute atomic E-state index is 11.1. The number of aromatic nitrogens is 1. The molecule has 0 spiro atoms. The minimum atomic E-state index is -0.799. The number of aryl methyl sites for hydroxylation is 2. The zero-order chi connectivity index (χ0) is 23.7. The highest BCUT2D eigenvalue weighted by Crippen LogP contribution is 2.50. The number of pyridine rings is 1. The van der Waals surface area contributed by atoms with Gasteiger partial charge in [-0.15, -0.1) is 0 Å². The number of aliphatic hydroxyl groups excluding tert-OH is 1. The molecule has 32 heavy (non-hydrogen) atoms. The van der Waals surface area contributed by atoms with Gasteiger partial charge in [-0.25, -0.2) is 0 Å². The number of rotatable bonds is 4. The number of ether oxygens (including phenoxy) is 1. The Labute approximate surface area is 197 Å². The highest BCUT2D eigenvalue weighted by molar-refractivity contribution is 6.30. The first kappa shape index (κ1) is 25.6. The molecule has 0 saturated carbocycles. The van der Waals surface area contributed by atoms with Gasteiger partial charge in [0, 0.05) is 28.5 Å². The van der Waals surface area contributed by atoms with Crippen LogP contribution in [0.1, 0.15) is 74.1 Å². The zero-order valence-corrected chi connectivity index (χ0v) is 20.6. The Balaban J connectivity index is 0.000000671. The van der Waals surface area contributed by atoms with Crippen LogP contribution in [0, 0.1) is 13.8 Å². The first-order valence-electron chi connectivity index (χ1n) is 11.3. The Bertz CT molecular complexity index is 1030. The van der Waals surface area contributed by atoms with Crippen LogP contribution < -0.4 is 0 Å². The molecule has 0 bridgehead atoms. The average Bonchev–Trinajstić information content (AvgIpc) is 2.77. The second-order valence-corrected chi connectivity index (χ2v) is 7.99. The summed E-state index contributed by atoms with van der Waals surface area (Å²) in [5.74, 6) is 0.679. The van der Waals surface area contributed by atoms with Gasteiger partial charge in [0.15, 0.2) is 6.10 Å². The zero-order valence-electron chi connectivity index (χ0n) is 19.9. The monoisotopic (exact) mass is 451 g/mol. The van der Waals surface area contributed by atoms with E-state index in [-0.39, 0.29) is 6.10 Å². The number of hydrogen-bond donors (Lipinski definition) is 1. The van der Waals surface area contributed by atoms with E-state index >= 15 is 0 Å². The molecule has 2 atom stereocenters. The van der Waals surface area contributed by atoms with E-state index in [1.54, 1.807) is 12.4 Å². The summed E-state index contributed by atoms with van der Waals surface area (Å²) in [7, 11) is 0. The van der Waals surface area contributed by atoms with Crippen molar-refractivity contribution in [3.63, 3.8) is 0 Å². The molecule has 1 N–H and O–H groups in total. The van der Waals surface area contributed by atoms with Crippen LogP contribution >= 0.6 is 11.6 Å². The lowest BCUT2D eigenvalue weighted by atomic mass is 9.85. The fraction of sp³-hybridized carbons (Fsp3) is 0.321. The molecule has 0 amide bonds. The van der Waals surface area contributed by atoms with Gasteiger partial charge in [0.25, 0.3) is 0 Å². The van der Waals surface area contributed by atoms with Crippen molar-refractivity contribution in [1.29, 1.82) is 0 Å². The number of aliphatic hydroxyl groups is 1. The SMILES string of the molecule is CC.CCC.Cc1ccc(C2OC(c3cccc(Cl)c3)=C2C(O)c2cccnc2)c(C)c1. The molecule has 4 heteroatoms. The van der Waals surface area contributed by atoms with Crippen molar-refractivity contribution >= 4 is 17.4 Å². The van der Waals surface area contributed by atoms with Crippen molar-refractivity contribution in [2.24, 2.45) is 0 Å². The molecule has 1 aromatic heterocycles. The van der Waals surface area contributed by atoms with Gasteiger partial charge < -0.3 is 9.84 Å².